The monoisotopic (exact) mass is 395 g/mol. The van der Waals surface area contributed by atoms with Crippen molar-refractivity contribution in [1.29, 1.82) is 0 Å². The molecule has 11 nitrogen and oxygen atoms in total. The zero-order chi connectivity index (χ0) is 19.8. The van der Waals surface area contributed by atoms with Crippen molar-refractivity contribution in [2.45, 2.75) is 37.1 Å². The molecular weight excluding hydrogens is 383 g/mol. The fourth-order valence-corrected chi connectivity index (χ4v) is 2.64. The van der Waals surface area contributed by atoms with Crippen LogP contribution in [-0.4, -0.2) is 58.0 Å². The van der Waals surface area contributed by atoms with Gasteiger partial charge in [0.1, 0.15) is 19.1 Å². The standard InChI is InChI=1S/C13H12F3N3O8/c14-13(15,16)3-7(20)24-4-5-8-9(27-12(22)26-8)10(25-5)19-2-1-6(18-23)17-11(19)21/h1-2,5,8-10,23H,3-4H2,(H,17,18,21)/t5-,8-,9-,10-/m1/s1. The van der Waals surface area contributed by atoms with Crippen LogP contribution in [-0.2, 0) is 23.7 Å². The van der Waals surface area contributed by atoms with Crippen LogP contribution in [0.5, 0.6) is 0 Å². The van der Waals surface area contributed by atoms with Crippen LogP contribution in [0.3, 0.4) is 0 Å². The minimum atomic E-state index is -4.73. The number of alkyl halides is 3. The highest BCUT2D eigenvalue weighted by Crippen LogP contribution is 2.37. The van der Waals surface area contributed by atoms with Crippen LogP contribution in [0.2, 0.25) is 0 Å². The number of nitrogens with one attached hydrogen (secondary N) is 1. The van der Waals surface area contributed by atoms with Crippen LogP contribution in [0, 0.1) is 0 Å². The summed E-state index contributed by atoms with van der Waals surface area (Å²) in [7, 11) is 0. The van der Waals surface area contributed by atoms with Gasteiger partial charge in [0.25, 0.3) is 0 Å². The summed E-state index contributed by atoms with van der Waals surface area (Å²) >= 11 is 0. The number of carbonyl (C=O) groups is 2. The molecule has 0 radical (unpaired) electrons. The van der Waals surface area contributed by atoms with Gasteiger partial charge in [-0.3, -0.25) is 20.0 Å². The summed E-state index contributed by atoms with van der Waals surface area (Å²) in [6, 6.07) is 1.22. The summed E-state index contributed by atoms with van der Waals surface area (Å²) < 4.78 is 57.2. The molecule has 148 valence electrons. The van der Waals surface area contributed by atoms with Crippen molar-refractivity contribution in [3.05, 3.63) is 22.7 Å². The third kappa shape index (κ3) is 4.11. The first kappa shape index (κ1) is 18.9. The van der Waals surface area contributed by atoms with E-state index in [1.807, 2.05) is 0 Å². The van der Waals surface area contributed by atoms with Crippen LogP contribution >= 0.6 is 0 Å². The number of carbonyl (C=O) groups excluding carboxylic acids is 2. The molecule has 2 saturated heterocycles. The van der Waals surface area contributed by atoms with E-state index in [9.17, 15) is 27.6 Å². The molecule has 2 fully saturated rings. The molecule has 0 aromatic carbocycles. The molecule has 2 aliphatic heterocycles. The van der Waals surface area contributed by atoms with E-state index in [0.717, 1.165) is 4.57 Å². The number of halogens is 3. The Morgan fingerprint density at radius 1 is 1.33 bits per heavy atom. The average molecular weight is 395 g/mol. The fraction of sp³-hybridized carbons (Fsp3) is 0.538. The van der Waals surface area contributed by atoms with E-state index in [1.54, 1.807) is 5.48 Å². The van der Waals surface area contributed by atoms with Crippen LogP contribution in [0.1, 0.15) is 12.6 Å². The smallest absolute Gasteiger partial charge is 0.463 e. The van der Waals surface area contributed by atoms with Crippen LogP contribution in [0.25, 0.3) is 0 Å². The number of esters is 1. The van der Waals surface area contributed by atoms with Gasteiger partial charge in [-0.1, -0.05) is 0 Å². The second kappa shape index (κ2) is 7.03. The first-order valence-electron chi connectivity index (χ1n) is 7.42. The van der Waals surface area contributed by atoms with Gasteiger partial charge in [-0.05, 0) is 6.07 Å². The first-order valence-corrected chi connectivity index (χ1v) is 7.42. The van der Waals surface area contributed by atoms with Crippen LogP contribution in [0.4, 0.5) is 23.8 Å². The molecule has 0 bridgehead atoms. The first-order chi connectivity index (χ1) is 12.7. The van der Waals surface area contributed by atoms with Crippen LogP contribution in [0.15, 0.2) is 17.1 Å². The lowest BCUT2D eigenvalue weighted by atomic mass is 10.1. The minimum absolute atomic E-state index is 0.150. The molecule has 14 heteroatoms. The fourth-order valence-electron chi connectivity index (χ4n) is 2.64. The molecule has 3 heterocycles. The molecule has 3 rings (SSSR count). The van der Waals surface area contributed by atoms with Crippen molar-refractivity contribution >= 4 is 17.9 Å². The summed E-state index contributed by atoms with van der Waals surface area (Å²) in [5.41, 5.74) is 0.795. The van der Waals surface area contributed by atoms with E-state index in [4.69, 9.17) is 19.4 Å². The number of hydrogen-bond acceptors (Lipinski definition) is 10. The molecule has 1 aromatic heterocycles. The van der Waals surface area contributed by atoms with Gasteiger partial charge in [0, 0.05) is 6.20 Å². The molecule has 2 aliphatic rings. The lowest BCUT2D eigenvalue weighted by Crippen LogP contribution is -2.34. The lowest BCUT2D eigenvalue weighted by Gasteiger charge is -2.18. The van der Waals surface area contributed by atoms with Crippen molar-refractivity contribution in [3.63, 3.8) is 0 Å². The zero-order valence-corrected chi connectivity index (χ0v) is 13.2. The number of anilines is 1. The Hall–Kier alpha value is -2.87. The summed E-state index contributed by atoms with van der Waals surface area (Å²) in [6.07, 6.45) is -11.0. The molecule has 27 heavy (non-hydrogen) atoms. The number of rotatable bonds is 5. The van der Waals surface area contributed by atoms with E-state index in [2.05, 4.69) is 9.72 Å². The Morgan fingerprint density at radius 3 is 2.67 bits per heavy atom. The molecule has 1 aromatic rings. The summed E-state index contributed by atoms with van der Waals surface area (Å²) in [6.45, 7) is -0.651. The van der Waals surface area contributed by atoms with Crippen molar-refractivity contribution in [3.8, 4) is 0 Å². The van der Waals surface area contributed by atoms with Gasteiger partial charge in [0.15, 0.2) is 24.3 Å². The van der Waals surface area contributed by atoms with Gasteiger partial charge in [-0.25, -0.2) is 9.59 Å². The Morgan fingerprint density at radius 2 is 2.04 bits per heavy atom. The van der Waals surface area contributed by atoms with Crippen molar-refractivity contribution in [1.82, 2.24) is 9.55 Å². The van der Waals surface area contributed by atoms with Gasteiger partial charge >= 0.3 is 24.0 Å². The molecule has 0 aliphatic carbocycles. The molecule has 4 atom stereocenters. The van der Waals surface area contributed by atoms with E-state index in [0.29, 0.717) is 0 Å². The summed E-state index contributed by atoms with van der Waals surface area (Å²) in [5, 5.41) is 8.74. The zero-order valence-electron chi connectivity index (χ0n) is 13.2. The number of nitrogens with zero attached hydrogens (tertiary/aromatic N) is 2. The van der Waals surface area contributed by atoms with Gasteiger partial charge in [0.05, 0.1) is 0 Å². The van der Waals surface area contributed by atoms with E-state index in [-0.39, 0.29) is 5.82 Å². The molecule has 0 amide bonds. The maximum absolute atomic E-state index is 12.2. The van der Waals surface area contributed by atoms with E-state index >= 15 is 0 Å². The van der Waals surface area contributed by atoms with E-state index in [1.165, 1.54) is 12.3 Å². The van der Waals surface area contributed by atoms with Gasteiger partial charge < -0.3 is 18.9 Å². The second-order valence-corrected chi connectivity index (χ2v) is 5.57. The predicted molar refractivity (Wildman–Crippen MR) is 74.6 cm³/mol. The highest BCUT2D eigenvalue weighted by Gasteiger charge is 2.55. The lowest BCUT2D eigenvalue weighted by molar-refractivity contribution is -0.175. The Labute approximate surface area is 147 Å². The number of ether oxygens (including phenoxy) is 4. The minimum Gasteiger partial charge on any atom is -0.463 e. The van der Waals surface area contributed by atoms with Crippen LogP contribution < -0.4 is 11.2 Å². The Bertz CT molecular complexity index is 798. The Kier molecular flexibility index (Phi) is 4.93. The molecular formula is C13H12F3N3O8. The largest absolute Gasteiger partial charge is 0.509 e. The Balaban J connectivity index is 1.74. The number of aromatic nitrogens is 2. The highest BCUT2D eigenvalue weighted by atomic mass is 19.4. The predicted octanol–water partition coefficient (Wildman–Crippen LogP) is 0.341. The topological polar surface area (TPSA) is 138 Å². The van der Waals surface area contributed by atoms with Crippen molar-refractivity contribution in [2.24, 2.45) is 0 Å². The summed E-state index contributed by atoms with van der Waals surface area (Å²) in [4.78, 5) is 38.1. The highest BCUT2D eigenvalue weighted by molar-refractivity contribution is 5.70. The maximum atomic E-state index is 12.2. The van der Waals surface area contributed by atoms with Crippen molar-refractivity contribution < 1.29 is 46.9 Å². The normalized spacial score (nSPS) is 26.9. The maximum Gasteiger partial charge on any atom is 0.509 e. The van der Waals surface area contributed by atoms with Gasteiger partial charge in [0.2, 0.25) is 0 Å². The third-order valence-electron chi connectivity index (χ3n) is 3.72. The molecule has 2 N–H and O–H groups in total. The summed E-state index contributed by atoms with van der Waals surface area (Å²) in [5.74, 6) is -1.68. The van der Waals surface area contributed by atoms with Crippen molar-refractivity contribution in [2.75, 3.05) is 12.1 Å². The second-order valence-electron chi connectivity index (χ2n) is 5.57. The molecule has 0 saturated carbocycles. The van der Waals surface area contributed by atoms with Gasteiger partial charge in [-0.2, -0.15) is 18.2 Å². The van der Waals surface area contributed by atoms with E-state index < -0.39 is 61.6 Å². The number of hydrogen-bond donors (Lipinski definition) is 2. The third-order valence-corrected chi connectivity index (χ3v) is 3.72. The SMILES string of the molecule is O=C(CC(F)(F)F)OC[C@H]1O[C@@H](n2ccc(NO)nc2=O)[C@@H]2OC(=O)O[C@@H]21. The quantitative estimate of drug-likeness (QED) is 0.530. The average Bonchev–Trinajstić information content (AvgIpc) is 3.09. The van der Waals surface area contributed by atoms with Gasteiger partial charge in [-0.15, -0.1) is 0 Å². The molecule has 0 unspecified atom stereocenters. The molecule has 0 spiro atoms. The number of fused-ring (bicyclic) bond motifs is 1.